The molecule has 0 aromatic carbocycles. The minimum absolute atomic E-state index is 0.181. The number of allylic oxidation sites excluding steroid dienone is 1. The lowest BCUT2D eigenvalue weighted by Crippen LogP contribution is -2.53. The van der Waals surface area contributed by atoms with E-state index in [9.17, 15) is 9.90 Å². The number of fused-ring (bicyclic) bond motifs is 5. The second-order valence-corrected chi connectivity index (χ2v) is 11.7. The van der Waals surface area contributed by atoms with E-state index in [1.165, 1.54) is 44.9 Å². The molecule has 0 aromatic rings. The molecule has 0 spiro atoms. The van der Waals surface area contributed by atoms with Gasteiger partial charge in [-0.3, -0.25) is 4.79 Å². The van der Waals surface area contributed by atoms with Crippen molar-refractivity contribution in [3.05, 3.63) is 11.6 Å². The molecule has 0 bridgehead atoms. The molecule has 3 heteroatoms. The molecular weight excluding hydrogens is 358 g/mol. The van der Waals surface area contributed by atoms with Crippen LogP contribution in [0.1, 0.15) is 84.5 Å². The maximum Gasteiger partial charge on any atom is 0.133 e. The summed E-state index contributed by atoms with van der Waals surface area (Å²) in [5, 5.41) is 14.5. The average molecular weight is 400 g/mol. The van der Waals surface area contributed by atoms with Gasteiger partial charge in [-0.05, 0) is 105 Å². The molecule has 3 saturated carbocycles. The van der Waals surface area contributed by atoms with Crippen molar-refractivity contribution < 1.29 is 9.90 Å². The van der Waals surface area contributed by atoms with Crippen molar-refractivity contribution in [2.75, 3.05) is 13.1 Å². The Labute approximate surface area is 177 Å². The first-order chi connectivity index (χ1) is 13.9. The number of Topliss-reactive ketones (excluding diaryl/α,β-unsaturated/α-hetero) is 1. The van der Waals surface area contributed by atoms with E-state index in [0.717, 1.165) is 56.5 Å². The number of hydrogen-bond donors (Lipinski definition) is 2. The van der Waals surface area contributed by atoms with E-state index in [2.05, 4.69) is 25.2 Å². The van der Waals surface area contributed by atoms with Gasteiger partial charge in [-0.1, -0.05) is 25.5 Å². The molecule has 1 saturated heterocycles. The van der Waals surface area contributed by atoms with Gasteiger partial charge in [-0.2, -0.15) is 0 Å². The van der Waals surface area contributed by atoms with Gasteiger partial charge in [-0.15, -0.1) is 0 Å². The summed E-state index contributed by atoms with van der Waals surface area (Å²) in [4.78, 5) is 12.1. The number of hydrogen-bond acceptors (Lipinski definition) is 3. The van der Waals surface area contributed by atoms with Gasteiger partial charge in [0.2, 0.25) is 0 Å². The van der Waals surface area contributed by atoms with E-state index in [1.807, 2.05) is 0 Å². The Morgan fingerprint density at radius 3 is 2.83 bits per heavy atom. The largest absolute Gasteiger partial charge is 0.392 e. The maximum absolute atomic E-state index is 12.1. The molecule has 1 aliphatic heterocycles. The first-order valence-corrected chi connectivity index (χ1v) is 12.5. The number of carbonyl (C=O) groups is 1. The molecule has 4 fully saturated rings. The molecular formula is C26H41NO2. The standard InChI is InChI=1S/C26H41NO2/c1-25-11-9-20(28)14-18(25)5-7-21-22-8-6-19(26(22,2)12-10-23(21)25)15-24(29)17-4-3-13-27-16-17/h6,17-18,21-24,27,29H,3-5,7-16H2,1-2H3/t17?,18?,21-,22-,23+,24?,25-,26+/m0/s1. The summed E-state index contributed by atoms with van der Waals surface area (Å²) >= 11 is 0. The normalized spacial score (nSPS) is 48.3. The highest BCUT2D eigenvalue weighted by Gasteiger charge is 2.58. The summed E-state index contributed by atoms with van der Waals surface area (Å²) < 4.78 is 0. The SMILES string of the molecule is C[C@]12CCC(=O)CC1CC[C@@H]1[C@H]2CC[C@]2(C)C(CC(O)C3CCCNC3)=CC[C@@H]12. The molecule has 0 aromatic heterocycles. The Morgan fingerprint density at radius 2 is 2.03 bits per heavy atom. The lowest BCUT2D eigenvalue weighted by Gasteiger charge is -2.60. The van der Waals surface area contributed by atoms with Gasteiger partial charge < -0.3 is 10.4 Å². The Kier molecular flexibility index (Phi) is 5.22. The number of ketones is 1. The lowest BCUT2D eigenvalue weighted by molar-refractivity contribution is -0.137. The average Bonchev–Trinajstić information content (AvgIpc) is 3.05. The Hall–Kier alpha value is -0.670. The predicted molar refractivity (Wildman–Crippen MR) is 116 cm³/mol. The Balaban J connectivity index is 1.31. The van der Waals surface area contributed by atoms with Crippen LogP contribution in [0.15, 0.2) is 11.6 Å². The van der Waals surface area contributed by atoms with Gasteiger partial charge in [0.15, 0.2) is 0 Å². The summed E-state index contributed by atoms with van der Waals surface area (Å²) in [5.74, 6) is 3.99. The van der Waals surface area contributed by atoms with Crippen LogP contribution < -0.4 is 5.32 Å². The zero-order chi connectivity index (χ0) is 20.2. The molecule has 29 heavy (non-hydrogen) atoms. The fourth-order valence-corrected chi connectivity index (χ4v) is 8.62. The molecule has 1 heterocycles. The van der Waals surface area contributed by atoms with E-state index in [-0.39, 0.29) is 6.10 Å². The lowest BCUT2D eigenvalue weighted by atomic mass is 9.44. The van der Waals surface area contributed by atoms with Gasteiger partial charge in [0.05, 0.1) is 6.10 Å². The first kappa shape index (κ1) is 20.2. The summed E-state index contributed by atoms with van der Waals surface area (Å²) in [6.07, 6.45) is 14.9. The number of nitrogens with one attached hydrogen (secondary N) is 1. The van der Waals surface area contributed by atoms with Crippen LogP contribution in [-0.4, -0.2) is 30.1 Å². The van der Waals surface area contributed by atoms with Crippen molar-refractivity contribution in [3.63, 3.8) is 0 Å². The van der Waals surface area contributed by atoms with Crippen molar-refractivity contribution in [1.29, 1.82) is 0 Å². The molecule has 0 amide bonds. The molecule has 4 aliphatic carbocycles. The Morgan fingerprint density at radius 1 is 1.17 bits per heavy atom. The highest BCUT2D eigenvalue weighted by molar-refractivity contribution is 5.79. The molecule has 0 radical (unpaired) electrons. The number of carbonyl (C=O) groups excluding carboxylic acids is 1. The van der Waals surface area contributed by atoms with Crippen LogP contribution in [0.25, 0.3) is 0 Å². The third-order valence-corrected chi connectivity index (χ3v) is 10.5. The van der Waals surface area contributed by atoms with Crippen LogP contribution in [0.2, 0.25) is 0 Å². The number of piperidine rings is 1. The molecule has 3 unspecified atom stereocenters. The van der Waals surface area contributed by atoms with Gasteiger partial charge in [0, 0.05) is 19.4 Å². The summed E-state index contributed by atoms with van der Waals surface area (Å²) in [6, 6.07) is 0. The minimum Gasteiger partial charge on any atom is -0.392 e. The van der Waals surface area contributed by atoms with E-state index in [4.69, 9.17) is 0 Å². The minimum atomic E-state index is -0.181. The monoisotopic (exact) mass is 399 g/mol. The van der Waals surface area contributed by atoms with Crippen LogP contribution in [0.3, 0.4) is 0 Å². The Bertz CT molecular complexity index is 680. The van der Waals surface area contributed by atoms with Crippen LogP contribution in [0.5, 0.6) is 0 Å². The summed E-state index contributed by atoms with van der Waals surface area (Å²) in [6.45, 7) is 7.15. The van der Waals surface area contributed by atoms with E-state index >= 15 is 0 Å². The van der Waals surface area contributed by atoms with Crippen molar-refractivity contribution in [3.8, 4) is 0 Å². The number of rotatable bonds is 3. The second kappa shape index (κ2) is 7.48. The van der Waals surface area contributed by atoms with Gasteiger partial charge in [-0.25, -0.2) is 0 Å². The molecule has 8 atom stereocenters. The third kappa shape index (κ3) is 3.26. The number of aliphatic hydroxyl groups excluding tert-OH is 1. The molecule has 5 aliphatic rings. The first-order valence-electron chi connectivity index (χ1n) is 12.5. The van der Waals surface area contributed by atoms with Gasteiger partial charge >= 0.3 is 0 Å². The van der Waals surface area contributed by atoms with Gasteiger partial charge in [0.1, 0.15) is 5.78 Å². The van der Waals surface area contributed by atoms with Crippen molar-refractivity contribution in [1.82, 2.24) is 5.32 Å². The molecule has 3 nitrogen and oxygen atoms in total. The zero-order valence-corrected chi connectivity index (χ0v) is 18.6. The van der Waals surface area contributed by atoms with Crippen molar-refractivity contribution >= 4 is 5.78 Å². The van der Waals surface area contributed by atoms with E-state index < -0.39 is 0 Å². The van der Waals surface area contributed by atoms with Crippen LogP contribution >= 0.6 is 0 Å². The van der Waals surface area contributed by atoms with Gasteiger partial charge in [0.25, 0.3) is 0 Å². The van der Waals surface area contributed by atoms with Crippen molar-refractivity contribution in [2.45, 2.75) is 90.6 Å². The summed E-state index contributed by atoms with van der Waals surface area (Å²) in [5.41, 5.74) is 2.27. The molecule has 5 rings (SSSR count). The third-order valence-electron chi connectivity index (χ3n) is 10.5. The highest BCUT2D eigenvalue weighted by Crippen LogP contribution is 2.66. The van der Waals surface area contributed by atoms with Crippen LogP contribution in [-0.2, 0) is 4.79 Å². The molecule has 2 N–H and O–H groups in total. The van der Waals surface area contributed by atoms with E-state index in [0.29, 0.717) is 28.4 Å². The summed E-state index contributed by atoms with van der Waals surface area (Å²) in [7, 11) is 0. The van der Waals surface area contributed by atoms with Crippen LogP contribution in [0, 0.1) is 40.4 Å². The smallest absolute Gasteiger partial charge is 0.133 e. The predicted octanol–water partition coefficient (Wildman–Crippen LogP) is 4.89. The fraction of sp³-hybridized carbons (Fsp3) is 0.885. The topological polar surface area (TPSA) is 49.3 Å². The molecule has 162 valence electrons. The maximum atomic E-state index is 12.1. The number of aliphatic hydroxyl groups is 1. The second-order valence-electron chi connectivity index (χ2n) is 11.7. The van der Waals surface area contributed by atoms with Crippen LogP contribution in [0.4, 0.5) is 0 Å². The highest BCUT2D eigenvalue weighted by atomic mass is 16.3. The van der Waals surface area contributed by atoms with E-state index in [1.54, 1.807) is 5.57 Å². The van der Waals surface area contributed by atoms with Crippen molar-refractivity contribution in [2.24, 2.45) is 40.4 Å². The quantitative estimate of drug-likeness (QED) is 0.665. The zero-order valence-electron chi connectivity index (χ0n) is 18.6. The fourth-order valence-electron chi connectivity index (χ4n) is 8.62.